The lowest BCUT2D eigenvalue weighted by Crippen LogP contribution is -2.30. The Morgan fingerprint density at radius 1 is 0.190 bits per heavy atom. The summed E-state index contributed by atoms with van der Waals surface area (Å²) in [5.41, 5.74) is 12.3. The number of nitrogens with two attached hydrogens (primary N) is 6. The number of hydrogen-bond acceptors (Lipinski definition) is 24. The van der Waals surface area contributed by atoms with E-state index in [1.807, 2.05) is 10.9 Å². The molecular formula is C48H96N18O12S6. The van der Waals surface area contributed by atoms with E-state index in [4.69, 9.17) is 35.1 Å². The molecule has 0 aliphatic heterocycles. The normalized spacial score (nSPS) is 10.2. The van der Waals surface area contributed by atoms with Gasteiger partial charge < -0.3 is 31.9 Å². The number of carbonyl (C=O) groups excluding carboxylic acids is 12. The van der Waals surface area contributed by atoms with Gasteiger partial charge in [0.2, 0.25) is 70.9 Å². The Hall–Kier alpha value is -4.50. The molecule has 0 atom stereocenters. The number of rotatable bonds is 51. The minimum atomic E-state index is -0.280. The fourth-order valence-electron chi connectivity index (χ4n) is 6.17. The van der Waals surface area contributed by atoms with Gasteiger partial charge in [-0.2, -0.15) is 0 Å². The van der Waals surface area contributed by atoms with Gasteiger partial charge in [-0.3, -0.25) is 90.1 Å². The largest absolute Gasteiger partial charge is 0.355 e. The molecule has 0 radical (unpaired) electrons. The Bertz CT molecular complexity index is 1720. The van der Waals surface area contributed by atoms with Crippen LogP contribution in [0.5, 0.6) is 0 Å². The smallest absolute Gasteiger partial charge is 0.233 e. The summed E-state index contributed by atoms with van der Waals surface area (Å²) < 4.78 is 0. The predicted molar refractivity (Wildman–Crippen MR) is 338 cm³/mol. The predicted octanol–water partition coefficient (Wildman–Crippen LogP) is -0.898. The van der Waals surface area contributed by atoms with Crippen LogP contribution in [0.15, 0.2) is 0 Å². The van der Waals surface area contributed by atoms with Crippen LogP contribution in [0.25, 0.3) is 0 Å². The van der Waals surface area contributed by atoms with Gasteiger partial charge in [-0.15, -0.1) is 0 Å². The van der Waals surface area contributed by atoms with Crippen molar-refractivity contribution in [3.8, 4) is 0 Å². The summed E-state index contributed by atoms with van der Waals surface area (Å²) in [7, 11) is 9.81. The van der Waals surface area contributed by atoms with Gasteiger partial charge in [0.05, 0.1) is 0 Å². The minimum absolute atomic E-state index is 0.0186. The number of hydrogen-bond donors (Lipinski definition) is 18. The van der Waals surface area contributed by atoms with Crippen molar-refractivity contribution in [2.45, 2.75) is 154 Å². The summed E-state index contributed by atoms with van der Waals surface area (Å²) in [6.07, 6.45) is 12.4. The van der Waals surface area contributed by atoms with Crippen LogP contribution in [0, 0.1) is 0 Å². The van der Waals surface area contributed by atoms with Crippen molar-refractivity contribution >= 4 is 136 Å². The van der Waals surface area contributed by atoms with Crippen molar-refractivity contribution in [2.75, 3.05) is 73.8 Å². The summed E-state index contributed by atoms with van der Waals surface area (Å²) in [5, 5.41) is 17.0. The maximum Gasteiger partial charge on any atom is 0.233 e. The molecule has 0 spiro atoms. The first-order valence-corrected chi connectivity index (χ1v) is 35.2. The van der Waals surface area contributed by atoms with E-state index in [9.17, 15) is 57.5 Å². The van der Waals surface area contributed by atoms with E-state index in [-0.39, 0.29) is 83.7 Å². The van der Waals surface area contributed by atoms with Gasteiger partial charge in [0, 0.05) is 151 Å². The quantitative estimate of drug-likeness (QED) is 0.0115. The summed E-state index contributed by atoms with van der Waals surface area (Å²) >= 11 is 0. The molecule has 24 N–H and O–H groups in total. The highest BCUT2D eigenvalue weighted by Gasteiger charge is 2.09. The van der Waals surface area contributed by atoms with E-state index in [2.05, 4.69) is 53.6 Å². The molecule has 0 rings (SSSR count). The third-order valence-electron chi connectivity index (χ3n) is 10.6. The Morgan fingerprint density at radius 3 is 0.488 bits per heavy atom. The molecule has 0 saturated heterocycles. The third kappa shape index (κ3) is 66.6. The second-order valence-electron chi connectivity index (χ2n) is 17.7. The highest BCUT2D eigenvalue weighted by molar-refractivity contribution is 8.77. The minimum Gasteiger partial charge on any atom is -0.355 e. The SMILES string of the molecule is NNC(=O)CCCC(=O)NCCSSCCNC(=O)CCCC(=O)NN.NNC(=O)CCCCC(=O)NCCSSCCNC(=O)CCCCC(=O)NN.NNC(=O)CCCCCC(=O)NCCSSCCNC(=O)CCCCCC(=O)NN. The molecule has 36 heteroatoms. The number of carbonyl (C=O) groups is 12. The van der Waals surface area contributed by atoms with E-state index >= 15 is 0 Å². The Morgan fingerprint density at radius 2 is 0.321 bits per heavy atom. The molecule has 0 aromatic carbocycles. The fraction of sp³-hybridized carbons (Fsp3) is 0.750. The summed E-state index contributed by atoms with van der Waals surface area (Å²) in [6, 6.07) is 0. The molecule has 30 nitrogen and oxygen atoms in total. The van der Waals surface area contributed by atoms with Crippen LogP contribution in [-0.2, 0) is 57.5 Å². The molecule has 486 valence electrons. The fourth-order valence-corrected chi connectivity index (χ4v) is 11.6. The number of hydrazine groups is 6. The molecule has 0 fully saturated rings. The van der Waals surface area contributed by atoms with Crippen LogP contribution in [0.1, 0.15) is 154 Å². The molecule has 0 aliphatic carbocycles. The molecule has 0 saturated carbocycles. The molecule has 0 aromatic heterocycles. The molecule has 0 aromatic rings. The van der Waals surface area contributed by atoms with Crippen LogP contribution in [0.4, 0.5) is 0 Å². The average molecular weight is 1310 g/mol. The van der Waals surface area contributed by atoms with Gasteiger partial charge in [-0.05, 0) is 64.2 Å². The van der Waals surface area contributed by atoms with Gasteiger partial charge in [0.15, 0.2) is 0 Å². The van der Waals surface area contributed by atoms with Gasteiger partial charge in [-0.25, -0.2) is 35.1 Å². The molecule has 0 bridgehead atoms. The van der Waals surface area contributed by atoms with E-state index in [0.29, 0.717) is 142 Å². The molecule has 12 amide bonds. The van der Waals surface area contributed by atoms with E-state index in [1.54, 1.807) is 64.8 Å². The zero-order valence-electron chi connectivity index (χ0n) is 48.3. The standard InChI is InChI=1S/C18H36N6O4S2.C16H32N6O4S2.C14H28N6O4S2/c19-23-17(27)9-5-1-3-7-15(25)21-11-13-29-30-14-12-22-16(26)8-4-2-6-10-18(28)24-20;17-21-15(25)7-3-1-5-13(23)19-9-11-27-28-12-10-20-14(24)6-2-4-8-16(26)22-18;15-19-13(23)5-1-3-11(21)17-7-9-25-26-10-8-18-12(22)4-2-6-14(24)20-16/h1-14,19-20H2,(H,21,25)(H,22,26)(H,23,27)(H,24,28);1-12,17-18H2,(H,19,23)(H,20,24)(H,21,25)(H,22,26);1-10,15-16H2,(H,17,21)(H,18,22)(H,19,23)(H,20,24). The van der Waals surface area contributed by atoms with Crippen LogP contribution in [0.2, 0.25) is 0 Å². The Balaban J connectivity index is -0.00000117. The number of amides is 12. The Labute approximate surface area is 517 Å². The van der Waals surface area contributed by atoms with Crippen molar-refractivity contribution in [1.82, 2.24) is 64.5 Å². The van der Waals surface area contributed by atoms with E-state index < -0.39 is 0 Å². The van der Waals surface area contributed by atoms with E-state index in [1.165, 1.54) is 0 Å². The second-order valence-corrected chi connectivity index (χ2v) is 25.8. The van der Waals surface area contributed by atoms with Crippen molar-refractivity contribution in [2.24, 2.45) is 35.1 Å². The first-order chi connectivity index (χ1) is 40.5. The third-order valence-corrected chi connectivity index (χ3v) is 17.8. The molecule has 0 heterocycles. The number of unbranched alkanes of at least 4 members (excludes halogenated alkanes) is 6. The van der Waals surface area contributed by atoms with E-state index in [0.717, 1.165) is 73.0 Å². The van der Waals surface area contributed by atoms with Crippen LogP contribution in [-0.4, -0.2) is 145 Å². The van der Waals surface area contributed by atoms with Crippen molar-refractivity contribution < 1.29 is 57.5 Å². The Kier molecular flexibility index (Phi) is 64.3. The average Bonchev–Trinajstić information content (AvgIpc) is 3.48. The summed E-state index contributed by atoms with van der Waals surface area (Å²) in [5.74, 6) is 33.0. The van der Waals surface area contributed by atoms with Crippen molar-refractivity contribution in [1.29, 1.82) is 0 Å². The molecule has 0 aliphatic rings. The lowest BCUT2D eigenvalue weighted by atomic mass is 10.1. The van der Waals surface area contributed by atoms with Crippen molar-refractivity contribution in [3.63, 3.8) is 0 Å². The van der Waals surface area contributed by atoms with Gasteiger partial charge in [0.1, 0.15) is 0 Å². The first kappa shape index (κ1) is 83.7. The molecule has 0 unspecified atom stereocenters. The zero-order chi connectivity index (χ0) is 63.1. The zero-order valence-corrected chi connectivity index (χ0v) is 53.2. The first-order valence-electron chi connectivity index (χ1n) is 27.8. The van der Waals surface area contributed by atoms with Crippen LogP contribution in [0.3, 0.4) is 0 Å². The summed E-state index contributed by atoms with van der Waals surface area (Å²) in [4.78, 5) is 135. The lowest BCUT2D eigenvalue weighted by molar-refractivity contribution is -0.124. The highest BCUT2D eigenvalue weighted by atomic mass is 33.1. The number of nitrogens with one attached hydrogen (secondary N) is 12. The monoisotopic (exact) mass is 1310 g/mol. The topological polar surface area (TPSA) is 505 Å². The second kappa shape index (κ2) is 64.5. The summed E-state index contributed by atoms with van der Waals surface area (Å²) in [6.45, 7) is 3.50. The van der Waals surface area contributed by atoms with Gasteiger partial charge >= 0.3 is 0 Å². The van der Waals surface area contributed by atoms with Gasteiger partial charge in [-0.1, -0.05) is 77.6 Å². The van der Waals surface area contributed by atoms with Crippen LogP contribution < -0.4 is 99.5 Å². The lowest BCUT2D eigenvalue weighted by Gasteiger charge is -2.06. The molecule has 84 heavy (non-hydrogen) atoms. The van der Waals surface area contributed by atoms with Crippen molar-refractivity contribution in [3.05, 3.63) is 0 Å². The van der Waals surface area contributed by atoms with Crippen LogP contribution >= 0.6 is 64.8 Å². The maximum atomic E-state index is 11.7. The maximum absolute atomic E-state index is 11.7. The van der Waals surface area contributed by atoms with Gasteiger partial charge in [0.25, 0.3) is 0 Å². The molecular weight excluding hydrogens is 1210 g/mol. The highest BCUT2D eigenvalue weighted by Crippen LogP contribution is 2.21.